The molecule has 2 aromatic carbocycles. The fraction of sp³-hybridized carbons (Fsp3) is 0.316. The number of carbonyl (C=O) groups is 1. The highest BCUT2D eigenvalue weighted by atomic mass is 35.5. The van der Waals surface area contributed by atoms with Crippen molar-refractivity contribution in [1.82, 2.24) is 5.32 Å². The lowest BCUT2D eigenvalue weighted by atomic mass is 10.2. The number of nitrogens with one attached hydrogen (secondary N) is 1. The van der Waals surface area contributed by atoms with Gasteiger partial charge in [-0.15, -0.1) is 0 Å². The van der Waals surface area contributed by atoms with E-state index in [9.17, 15) is 4.79 Å². The van der Waals surface area contributed by atoms with Crippen LogP contribution in [0, 0.1) is 0 Å². The monoisotopic (exact) mass is 431 g/mol. The standard InChI is InChI=1S/C19H20Cl3NO2S/c1-2-17(25-18-6-4-3-5-15(18)21)19(24)23-9-10-26-12-13-7-8-14(20)11-16(13)22/h3-8,11,17H,2,9-10,12H2,1H3,(H,23,24)/t17-/m1/s1. The maximum atomic E-state index is 12.3. The largest absolute Gasteiger partial charge is 0.479 e. The maximum absolute atomic E-state index is 12.3. The van der Waals surface area contributed by atoms with E-state index in [-0.39, 0.29) is 5.91 Å². The second kappa shape index (κ2) is 10.9. The van der Waals surface area contributed by atoms with Crippen molar-refractivity contribution in [1.29, 1.82) is 0 Å². The number of halogens is 3. The second-order valence-corrected chi connectivity index (χ2v) is 7.88. The summed E-state index contributed by atoms with van der Waals surface area (Å²) < 4.78 is 5.73. The second-order valence-electron chi connectivity index (χ2n) is 5.52. The van der Waals surface area contributed by atoms with Crippen molar-refractivity contribution in [2.24, 2.45) is 0 Å². The number of hydrogen-bond acceptors (Lipinski definition) is 3. The van der Waals surface area contributed by atoms with Crippen molar-refractivity contribution in [3.05, 3.63) is 63.1 Å². The summed E-state index contributed by atoms with van der Waals surface area (Å²) in [5.41, 5.74) is 1.03. The molecule has 1 amide bonds. The molecule has 1 atom stereocenters. The molecule has 0 heterocycles. The summed E-state index contributed by atoms with van der Waals surface area (Å²) >= 11 is 19.8. The minimum atomic E-state index is -0.564. The molecule has 0 saturated heterocycles. The Balaban J connectivity index is 1.74. The van der Waals surface area contributed by atoms with E-state index in [1.807, 2.05) is 31.2 Å². The molecular formula is C19H20Cl3NO2S. The van der Waals surface area contributed by atoms with Gasteiger partial charge in [-0.1, -0.05) is 59.9 Å². The van der Waals surface area contributed by atoms with E-state index in [4.69, 9.17) is 39.5 Å². The Morgan fingerprint density at radius 3 is 2.62 bits per heavy atom. The normalized spacial score (nSPS) is 11.8. The van der Waals surface area contributed by atoms with Crippen LogP contribution >= 0.6 is 46.6 Å². The van der Waals surface area contributed by atoms with Gasteiger partial charge in [-0.25, -0.2) is 0 Å². The lowest BCUT2D eigenvalue weighted by Gasteiger charge is -2.18. The smallest absolute Gasteiger partial charge is 0.261 e. The minimum Gasteiger partial charge on any atom is -0.479 e. The van der Waals surface area contributed by atoms with Crippen LogP contribution in [0.15, 0.2) is 42.5 Å². The predicted octanol–water partition coefficient (Wildman–Crippen LogP) is 5.85. The van der Waals surface area contributed by atoms with Gasteiger partial charge >= 0.3 is 0 Å². The highest BCUT2D eigenvalue weighted by molar-refractivity contribution is 7.98. The third-order valence-electron chi connectivity index (χ3n) is 3.59. The van der Waals surface area contributed by atoms with E-state index in [1.165, 1.54) is 0 Å². The molecular weight excluding hydrogens is 413 g/mol. The summed E-state index contributed by atoms with van der Waals surface area (Å²) in [6, 6.07) is 12.6. The average molecular weight is 433 g/mol. The number of ether oxygens (including phenoxy) is 1. The lowest BCUT2D eigenvalue weighted by molar-refractivity contribution is -0.127. The molecule has 0 aliphatic rings. The summed E-state index contributed by atoms with van der Waals surface area (Å²) in [6.07, 6.45) is -0.00415. The maximum Gasteiger partial charge on any atom is 0.261 e. The van der Waals surface area contributed by atoms with Crippen LogP contribution in [0.1, 0.15) is 18.9 Å². The van der Waals surface area contributed by atoms with Crippen molar-refractivity contribution >= 4 is 52.5 Å². The number of carbonyl (C=O) groups excluding carboxylic acids is 1. The number of amides is 1. The van der Waals surface area contributed by atoms with Gasteiger partial charge < -0.3 is 10.1 Å². The average Bonchev–Trinajstić information content (AvgIpc) is 2.62. The molecule has 7 heteroatoms. The molecule has 0 bridgehead atoms. The molecule has 0 aromatic heterocycles. The van der Waals surface area contributed by atoms with Crippen LogP contribution in [0.5, 0.6) is 5.75 Å². The van der Waals surface area contributed by atoms with Gasteiger partial charge in [0.1, 0.15) is 5.75 Å². The number of para-hydroxylation sites is 1. The van der Waals surface area contributed by atoms with Gasteiger partial charge in [0.05, 0.1) is 5.02 Å². The van der Waals surface area contributed by atoms with E-state index < -0.39 is 6.10 Å². The first-order valence-corrected chi connectivity index (χ1v) is 10.5. The molecule has 0 aliphatic carbocycles. The molecule has 2 aromatic rings. The molecule has 26 heavy (non-hydrogen) atoms. The predicted molar refractivity (Wildman–Crippen MR) is 112 cm³/mol. The van der Waals surface area contributed by atoms with Crippen molar-refractivity contribution in [2.75, 3.05) is 12.3 Å². The fourth-order valence-electron chi connectivity index (χ4n) is 2.20. The zero-order valence-electron chi connectivity index (χ0n) is 14.3. The van der Waals surface area contributed by atoms with Crippen LogP contribution in [0.25, 0.3) is 0 Å². The molecule has 0 spiro atoms. The van der Waals surface area contributed by atoms with Gasteiger partial charge in [0, 0.05) is 28.1 Å². The topological polar surface area (TPSA) is 38.3 Å². The van der Waals surface area contributed by atoms with Crippen LogP contribution < -0.4 is 10.1 Å². The minimum absolute atomic E-state index is 0.141. The number of benzene rings is 2. The number of hydrogen-bond donors (Lipinski definition) is 1. The van der Waals surface area contributed by atoms with Gasteiger partial charge in [-0.05, 0) is 36.2 Å². The molecule has 0 aliphatic heterocycles. The first kappa shape index (κ1) is 21.2. The van der Waals surface area contributed by atoms with Crippen LogP contribution in [0.2, 0.25) is 15.1 Å². The third kappa shape index (κ3) is 6.58. The Bertz CT molecular complexity index is 742. The Morgan fingerprint density at radius 1 is 1.15 bits per heavy atom. The zero-order valence-corrected chi connectivity index (χ0v) is 17.4. The van der Waals surface area contributed by atoms with E-state index in [0.29, 0.717) is 33.8 Å². The van der Waals surface area contributed by atoms with Crippen LogP contribution in [-0.4, -0.2) is 24.3 Å². The highest BCUT2D eigenvalue weighted by Crippen LogP contribution is 2.25. The molecule has 2 rings (SSSR count). The Morgan fingerprint density at radius 2 is 1.92 bits per heavy atom. The quantitative estimate of drug-likeness (QED) is 0.505. The van der Waals surface area contributed by atoms with E-state index >= 15 is 0 Å². The van der Waals surface area contributed by atoms with Gasteiger partial charge in [0.25, 0.3) is 5.91 Å². The summed E-state index contributed by atoms with van der Waals surface area (Å²) in [5, 5.41) is 4.68. The van der Waals surface area contributed by atoms with Gasteiger partial charge in [0.15, 0.2) is 6.10 Å². The van der Waals surface area contributed by atoms with Gasteiger partial charge in [-0.3, -0.25) is 4.79 Å². The van der Waals surface area contributed by atoms with Crippen molar-refractivity contribution in [3.63, 3.8) is 0 Å². The van der Waals surface area contributed by atoms with Crippen LogP contribution in [-0.2, 0) is 10.5 Å². The van der Waals surface area contributed by atoms with E-state index in [2.05, 4.69) is 5.32 Å². The molecule has 3 nitrogen and oxygen atoms in total. The molecule has 1 N–H and O–H groups in total. The first-order valence-electron chi connectivity index (χ1n) is 8.21. The number of rotatable bonds is 9. The number of thioether (sulfide) groups is 1. The SMILES string of the molecule is CC[C@@H](Oc1ccccc1Cl)C(=O)NCCSCc1ccc(Cl)cc1Cl. The Hall–Kier alpha value is -1.07. The molecule has 0 radical (unpaired) electrons. The Kier molecular flexibility index (Phi) is 8.93. The summed E-state index contributed by atoms with van der Waals surface area (Å²) in [7, 11) is 0. The highest BCUT2D eigenvalue weighted by Gasteiger charge is 2.18. The molecule has 140 valence electrons. The van der Waals surface area contributed by atoms with Crippen LogP contribution in [0.3, 0.4) is 0 Å². The molecule has 0 fully saturated rings. The lowest BCUT2D eigenvalue weighted by Crippen LogP contribution is -2.39. The zero-order chi connectivity index (χ0) is 18.9. The van der Waals surface area contributed by atoms with Gasteiger partial charge in [0.2, 0.25) is 0 Å². The molecule has 0 unspecified atom stereocenters. The molecule has 0 saturated carbocycles. The Labute approximate surface area is 173 Å². The van der Waals surface area contributed by atoms with Crippen molar-refractivity contribution < 1.29 is 9.53 Å². The fourth-order valence-corrected chi connectivity index (χ4v) is 3.79. The third-order valence-corrected chi connectivity index (χ3v) is 5.49. The van der Waals surface area contributed by atoms with Crippen molar-refractivity contribution in [2.45, 2.75) is 25.2 Å². The first-order chi connectivity index (χ1) is 12.5. The van der Waals surface area contributed by atoms with E-state index in [1.54, 1.807) is 30.0 Å². The van der Waals surface area contributed by atoms with Gasteiger partial charge in [-0.2, -0.15) is 11.8 Å². The summed E-state index contributed by atoms with van der Waals surface area (Å²) in [5.74, 6) is 1.91. The van der Waals surface area contributed by atoms with E-state index in [0.717, 1.165) is 17.1 Å². The van der Waals surface area contributed by atoms with Crippen LogP contribution in [0.4, 0.5) is 0 Å². The van der Waals surface area contributed by atoms with Crippen molar-refractivity contribution in [3.8, 4) is 5.75 Å². The summed E-state index contributed by atoms with van der Waals surface area (Å²) in [4.78, 5) is 12.3. The summed E-state index contributed by atoms with van der Waals surface area (Å²) in [6.45, 7) is 2.45.